The smallest absolute Gasteiger partial charge is 0.251 e. The number of hydrogen-bond acceptors (Lipinski definition) is 11. The number of nitriles is 1. The van der Waals surface area contributed by atoms with E-state index in [4.69, 9.17) is 0 Å². The SMILES string of the molecule is CCc1nc(Nc2ncc(CNc3ccc(C(=O)NC)cc3)nc2C#N)nc(N2CCN(C)CC2)n1. The van der Waals surface area contributed by atoms with E-state index in [1.807, 2.05) is 19.1 Å². The number of aryl methyl sites for hydroxylation is 1. The number of piperazine rings is 1. The highest BCUT2D eigenvalue weighted by molar-refractivity contribution is 5.94. The molecule has 12 heteroatoms. The molecule has 0 atom stereocenters. The second-order valence-electron chi connectivity index (χ2n) is 8.32. The largest absolute Gasteiger partial charge is 0.379 e. The molecule has 12 nitrogen and oxygen atoms in total. The van der Waals surface area contributed by atoms with E-state index in [-0.39, 0.29) is 17.4 Å². The molecule has 0 aliphatic carbocycles. The van der Waals surface area contributed by atoms with Gasteiger partial charge in [0, 0.05) is 50.9 Å². The summed E-state index contributed by atoms with van der Waals surface area (Å²) in [6, 6.07) is 9.18. The summed E-state index contributed by atoms with van der Waals surface area (Å²) in [5.41, 5.74) is 2.13. The lowest BCUT2D eigenvalue weighted by Crippen LogP contribution is -2.45. The van der Waals surface area contributed by atoms with E-state index >= 15 is 0 Å². The quantitative estimate of drug-likeness (QED) is 0.425. The van der Waals surface area contributed by atoms with Crippen LogP contribution in [0.15, 0.2) is 30.5 Å². The normalized spacial score (nSPS) is 13.7. The van der Waals surface area contributed by atoms with Crippen LogP contribution in [0.1, 0.15) is 34.5 Å². The number of aromatic nitrogens is 5. The molecule has 0 spiro atoms. The first-order chi connectivity index (χ1) is 17.5. The maximum Gasteiger partial charge on any atom is 0.251 e. The highest BCUT2D eigenvalue weighted by atomic mass is 16.1. The molecule has 3 aromatic rings. The Hall–Kier alpha value is -4.37. The number of amides is 1. The number of nitrogens with zero attached hydrogens (tertiary/aromatic N) is 8. The number of hydrogen-bond donors (Lipinski definition) is 3. The Morgan fingerprint density at radius 1 is 1.08 bits per heavy atom. The van der Waals surface area contributed by atoms with Crippen molar-refractivity contribution in [2.24, 2.45) is 0 Å². The van der Waals surface area contributed by atoms with Crippen molar-refractivity contribution < 1.29 is 4.79 Å². The molecule has 0 unspecified atom stereocenters. The third-order valence-corrected chi connectivity index (χ3v) is 5.78. The van der Waals surface area contributed by atoms with Crippen LogP contribution < -0.4 is 20.9 Å². The number of rotatable bonds is 8. The first-order valence-corrected chi connectivity index (χ1v) is 11.8. The third kappa shape index (κ3) is 6.00. The van der Waals surface area contributed by atoms with Crippen LogP contribution in [0, 0.1) is 11.3 Å². The van der Waals surface area contributed by atoms with E-state index in [9.17, 15) is 10.1 Å². The average molecular weight is 488 g/mol. The van der Waals surface area contributed by atoms with Gasteiger partial charge in [0.1, 0.15) is 11.9 Å². The summed E-state index contributed by atoms with van der Waals surface area (Å²) in [7, 11) is 3.69. The molecule has 1 aliphatic rings. The Labute approximate surface area is 209 Å². The fourth-order valence-corrected chi connectivity index (χ4v) is 3.63. The van der Waals surface area contributed by atoms with Crippen molar-refractivity contribution in [3.63, 3.8) is 0 Å². The Bertz CT molecular complexity index is 1250. The molecular weight excluding hydrogens is 458 g/mol. The van der Waals surface area contributed by atoms with Crippen LogP contribution in [0.4, 0.5) is 23.4 Å². The predicted octanol–water partition coefficient (Wildman–Crippen LogP) is 1.56. The molecule has 36 heavy (non-hydrogen) atoms. The third-order valence-electron chi connectivity index (χ3n) is 5.78. The van der Waals surface area contributed by atoms with Crippen molar-refractivity contribution in [2.75, 3.05) is 55.8 Å². The molecule has 1 aliphatic heterocycles. The van der Waals surface area contributed by atoms with Crippen LogP contribution in [0.25, 0.3) is 0 Å². The van der Waals surface area contributed by atoms with E-state index in [0.717, 1.165) is 31.9 Å². The molecule has 1 aromatic carbocycles. The summed E-state index contributed by atoms with van der Waals surface area (Å²) in [4.78, 5) is 38.5. The van der Waals surface area contributed by atoms with Gasteiger partial charge in [0.15, 0.2) is 11.5 Å². The fraction of sp³-hybridized carbons (Fsp3) is 0.375. The predicted molar refractivity (Wildman–Crippen MR) is 136 cm³/mol. The summed E-state index contributed by atoms with van der Waals surface area (Å²) in [5.74, 6) is 1.76. The number of anilines is 4. The molecule has 186 valence electrons. The van der Waals surface area contributed by atoms with Crippen LogP contribution in [0.3, 0.4) is 0 Å². The van der Waals surface area contributed by atoms with Gasteiger partial charge in [0.25, 0.3) is 5.91 Å². The number of nitrogens with one attached hydrogen (secondary N) is 3. The zero-order chi connectivity index (χ0) is 25.5. The minimum Gasteiger partial charge on any atom is -0.379 e. The Morgan fingerprint density at radius 2 is 1.83 bits per heavy atom. The maximum atomic E-state index is 11.7. The Balaban J connectivity index is 1.46. The minimum atomic E-state index is -0.144. The Kier molecular flexibility index (Phi) is 7.82. The molecule has 1 amide bonds. The molecule has 0 bridgehead atoms. The molecule has 1 saturated heterocycles. The standard InChI is InChI=1S/C24H29N11O/c1-4-20-30-23(33-24(31-20)35-11-9-34(3)10-12-35)32-21-19(13-25)29-18(15-28-21)14-27-17-7-5-16(6-8-17)22(36)26-2/h5-8,15,27H,4,9-12,14H2,1-3H3,(H,26,36)(H,28,30,31,32,33). The summed E-state index contributed by atoms with van der Waals surface area (Å²) in [5, 5.41) is 18.5. The highest BCUT2D eigenvalue weighted by Crippen LogP contribution is 2.19. The molecule has 0 saturated carbocycles. The van der Waals surface area contributed by atoms with Gasteiger partial charge in [-0.25, -0.2) is 9.97 Å². The van der Waals surface area contributed by atoms with Gasteiger partial charge in [-0.3, -0.25) is 4.79 Å². The van der Waals surface area contributed by atoms with Gasteiger partial charge in [0.2, 0.25) is 11.9 Å². The minimum absolute atomic E-state index is 0.142. The van der Waals surface area contributed by atoms with Gasteiger partial charge in [-0.2, -0.15) is 20.2 Å². The van der Waals surface area contributed by atoms with Crippen LogP contribution in [0.5, 0.6) is 0 Å². The molecule has 3 heterocycles. The van der Waals surface area contributed by atoms with Gasteiger partial charge in [-0.05, 0) is 31.3 Å². The fourth-order valence-electron chi connectivity index (χ4n) is 3.63. The summed E-state index contributed by atoms with van der Waals surface area (Å²) in [6.45, 7) is 5.90. The van der Waals surface area contributed by atoms with E-state index < -0.39 is 0 Å². The lowest BCUT2D eigenvalue weighted by Gasteiger charge is -2.32. The number of carbonyl (C=O) groups is 1. The molecular formula is C24H29N11O. The van der Waals surface area contributed by atoms with Gasteiger partial charge >= 0.3 is 0 Å². The highest BCUT2D eigenvalue weighted by Gasteiger charge is 2.19. The number of benzene rings is 1. The van der Waals surface area contributed by atoms with E-state index in [0.29, 0.717) is 41.9 Å². The van der Waals surface area contributed by atoms with E-state index in [1.54, 1.807) is 25.4 Å². The maximum absolute atomic E-state index is 11.7. The number of likely N-dealkylation sites (N-methyl/N-ethyl adjacent to an activating group) is 1. The van der Waals surface area contributed by atoms with Crippen molar-refractivity contribution in [3.05, 3.63) is 53.2 Å². The summed E-state index contributed by atoms with van der Waals surface area (Å²) < 4.78 is 0. The Morgan fingerprint density at radius 3 is 2.50 bits per heavy atom. The first-order valence-electron chi connectivity index (χ1n) is 11.8. The summed E-state index contributed by atoms with van der Waals surface area (Å²) in [6.07, 6.45) is 2.25. The molecule has 4 rings (SSSR count). The molecule has 2 aromatic heterocycles. The van der Waals surface area contributed by atoms with Crippen molar-refractivity contribution in [2.45, 2.75) is 19.9 Å². The second-order valence-corrected chi connectivity index (χ2v) is 8.32. The van der Waals surface area contributed by atoms with Crippen LogP contribution in [0.2, 0.25) is 0 Å². The van der Waals surface area contributed by atoms with Gasteiger partial charge in [-0.15, -0.1) is 0 Å². The van der Waals surface area contributed by atoms with Gasteiger partial charge < -0.3 is 25.8 Å². The van der Waals surface area contributed by atoms with Crippen molar-refractivity contribution in [3.8, 4) is 6.07 Å². The van der Waals surface area contributed by atoms with Crippen molar-refractivity contribution >= 4 is 29.3 Å². The van der Waals surface area contributed by atoms with Gasteiger partial charge in [-0.1, -0.05) is 6.92 Å². The number of carbonyl (C=O) groups excluding carboxylic acids is 1. The van der Waals surface area contributed by atoms with E-state index in [1.165, 1.54) is 0 Å². The van der Waals surface area contributed by atoms with Crippen LogP contribution in [-0.2, 0) is 13.0 Å². The van der Waals surface area contributed by atoms with Crippen LogP contribution >= 0.6 is 0 Å². The lowest BCUT2D eigenvalue weighted by molar-refractivity contribution is 0.0963. The summed E-state index contributed by atoms with van der Waals surface area (Å²) >= 11 is 0. The topological polar surface area (TPSA) is 148 Å². The van der Waals surface area contributed by atoms with Crippen molar-refractivity contribution in [1.29, 1.82) is 5.26 Å². The second kappa shape index (κ2) is 11.4. The zero-order valence-corrected chi connectivity index (χ0v) is 20.6. The van der Waals surface area contributed by atoms with E-state index in [2.05, 4.69) is 63.8 Å². The monoisotopic (exact) mass is 487 g/mol. The lowest BCUT2D eigenvalue weighted by atomic mass is 10.2. The molecule has 1 fully saturated rings. The molecule has 0 radical (unpaired) electrons. The van der Waals surface area contributed by atoms with Gasteiger partial charge in [0.05, 0.1) is 18.4 Å². The zero-order valence-electron chi connectivity index (χ0n) is 20.6. The van der Waals surface area contributed by atoms with Crippen LogP contribution in [-0.4, -0.2) is 76.0 Å². The molecule has 3 N–H and O–H groups in total. The average Bonchev–Trinajstić information content (AvgIpc) is 2.92. The van der Waals surface area contributed by atoms with Crippen molar-refractivity contribution in [1.82, 2.24) is 35.1 Å². The first kappa shape index (κ1) is 24.7.